The Hall–Kier alpha value is -3.70. The van der Waals surface area contributed by atoms with Gasteiger partial charge in [0.1, 0.15) is 10.9 Å². The summed E-state index contributed by atoms with van der Waals surface area (Å²) in [6, 6.07) is 13.4. The van der Waals surface area contributed by atoms with Crippen LogP contribution in [0.3, 0.4) is 0 Å². The van der Waals surface area contributed by atoms with Crippen LogP contribution in [0.5, 0.6) is 0 Å². The van der Waals surface area contributed by atoms with Crippen molar-refractivity contribution in [2.75, 3.05) is 19.8 Å². The molecule has 0 radical (unpaired) electrons. The maximum absolute atomic E-state index is 14.1. The van der Waals surface area contributed by atoms with Crippen LogP contribution in [0.1, 0.15) is 61.0 Å². The molecule has 0 aromatic heterocycles. The maximum atomic E-state index is 14.1. The standard InChI is InChI=1S/C33H49N5O5S/c1-21(2)25(20-22(3)29(39)37-44(42,43)26-19-15-14-18-24(26)34)38(10)31(41)28(32(4,5)6)36-30(40)27(35-9)33(7,8)23-16-12-11-13-17-23/h11-21,25,27-28,35H,34H2,1-10H3,(H,36,40)(H,37,39). The molecule has 0 aliphatic rings. The van der Waals surface area contributed by atoms with Crippen LogP contribution in [0.4, 0.5) is 5.69 Å². The van der Waals surface area contributed by atoms with Crippen molar-refractivity contribution in [3.05, 3.63) is 71.8 Å². The van der Waals surface area contributed by atoms with Crippen LogP contribution in [-0.4, -0.2) is 63.3 Å². The topological polar surface area (TPSA) is 151 Å². The molecule has 0 aliphatic heterocycles. The van der Waals surface area contributed by atoms with Gasteiger partial charge in [-0.05, 0) is 43.0 Å². The summed E-state index contributed by atoms with van der Waals surface area (Å²) in [7, 11) is -0.884. The van der Waals surface area contributed by atoms with Gasteiger partial charge in [-0.15, -0.1) is 0 Å². The fourth-order valence-electron chi connectivity index (χ4n) is 5.14. The number of anilines is 1. The number of hydrogen-bond donors (Lipinski definition) is 4. The average Bonchev–Trinajstić information content (AvgIpc) is 2.93. The van der Waals surface area contributed by atoms with E-state index >= 15 is 0 Å². The first-order valence-corrected chi connectivity index (χ1v) is 16.1. The number of nitrogens with two attached hydrogens (primary N) is 1. The molecule has 5 N–H and O–H groups in total. The number of rotatable bonds is 12. The van der Waals surface area contributed by atoms with Crippen LogP contribution in [0.15, 0.2) is 71.1 Å². The third kappa shape index (κ3) is 8.69. The second kappa shape index (κ2) is 14.4. The lowest BCUT2D eigenvalue weighted by Gasteiger charge is -2.40. The summed E-state index contributed by atoms with van der Waals surface area (Å²) in [5, 5.41) is 6.14. The molecule has 44 heavy (non-hydrogen) atoms. The predicted octanol–water partition coefficient (Wildman–Crippen LogP) is 3.60. The van der Waals surface area contributed by atoms with Crippen molar-refractivity contribution in [1.82, 2.24) is 20.3 Å². The number of carbonyl (C=O) groups is 3. The van der Waals surface area contributed by atoms with Crippen molar-refractivity contribution in [2.45, 2.75) is 83.8 Å². The van der Waals surface area contributed by atoms with Crippen molar-refractivity contribution in [3.8, 4) is 0 Å². The molecular weight excluding hydrogens is 578 g/mol. The molecule has 2 rings (SSSR count). The Bertz CT molecular complexity index is 1460. The molecule has 0 bridgehead atoms. The Kier molecular flexibility index (Phi) is 11.9. The maximum Gasteiger partial charge on any atom is 0.266 e. The summed E-state index contributed by atoms with van der Waals surface area (Å²) in [4.78, 5) is 42.1. The number of nitrogens with one attached hydrogen (secondary N) is 3. The summed E-state index contributed by atoms with van der Waals surface area (Å²) in [5.41, 5.74) is 5.66. The minimum atomic E-state index is -4.22. The molecule has 0 saturated carbocycles. The van der Waals surface area contributed by atoms with Gasteiger partial charge in [0.15, 0.2) is 0 Å². The third-order valence-electron chi connectivity index (χ3n) is 7.88. The summed E-state index contributed by atoms with van der Waals surface area (Å²) in [6.45, 7) is 14.8. The van der Waals surface area contributed by atoms with E-state index in [1.807, 2.05) is 78.8 Å². The van der Waals surface area contributed by atoms with Gasteiger partial charge in [0.2, 0.25) is 11.8 Å². The molecule has 242 valence electrons. The first kappa shape index (κ1) is 36.5. The van der Waals surface area contributed by atoms with Crippen LogP contribution < -0.4 is 21.1 Å². The fraction of sp³-hybridized carbons (Fsp3) is 0.485. The second-order valence-corrected chi connectivity index (χ2v) is 14.8. The molecule has 3 amide bonds. The molecule has 10 nitrogen and oxygen atoms in total. The molecule has 2 aromatic carbocycles. The van der Waals surface area contributed by atoms with E-state index < -0.39 is 44.9 Å². The number of hydrogen-bond acceptors (Lipinski definition) is 7. The van der Waals surface area contributed by atoms with Crippen molar-refractivity contribution in [2.24, 2.45) is 11.3 Å². The highest BCUT2D eigenvalue weighted by molar-refractivity contribution is 7.90. The molecule has 0 spiro atoms. The van der Waals surface area contributed by atoms with Gasteiger partial charge >= 0.3 is 0 Å². The van der Waals surface area contributed by atoms with Crippen LogP contribution in [0.2, 0.25) is 0 Å². The number of sulfonamides is 1. The van der Waals surface area contributed by atoms with Crippen LogP contribution >= 0.6 is 0 Å². The van der Waals surface area contributed by atoms with E-state index in [-0.39, 0.29) is 33.9 Å². The summed E-state index contributed by atoms with van der Waals surface area (Å²) in [5.74, 6) is -1.64. The van der Waals surface area contributed by atoms with Gasteiger partial charge in [0.05, 0.1) is 17.8 Å². The zero-order chi connectivity index (χ0) is 33.6. The SMILES string of the molecule is CNC(C(=O)NC(C(=O)N(C)C(C=C(C)C(=O)NS(=O)(=O)c1ccccc1N)C(C)C)C(C)(C)C)C(C)(C)c1ccccc1. The summed E-state index contributed by atoms with van der Waals surface area (Å²) in [6.07, 6.45) is 1.57. The Labute approximate surface area is 262 Å². The number of benzene rings is 2. The predicted molar refractivity (Wildman–Crippen MR) is 175 cm³/mol. The molecular formula is C33H49N5O5S. The first-order chi connectivity index (χ1) is 20.2. The molecule has 11 heteroatoms. The van der Waals surface area contributed by atoms with Crippen molar-refractivity contribution in [1.29, 1.82) is 0 Å². The van der Waals surface area contributed by atoms with Gasteiger partial charge in [-0.2, -0.15) is 0 Å². The Morgan fingerprint density at radius 3 is 1.95 bits per heavy atom. The van der Waals surface area contributed by atoms with Gasteiger partial charge in [-0.25, -0.2) is 13.1 Å². The molecule has 0 heterocycles. The number of nitrogen functional groups attached to an aromatic ring is 1. The second-order valence-electron chi connectivity index (χ2n) is 13.1. The average molecular weight is 628 g/mol. The molecule has 0 aliphatic carbocycles. The highest BCUT2D eigenvalue weighted by atomic mass is 32.2. The number of carbonyl (C=O) groups excluding carboxylic acids is 3. The monoisotopic (exact) mass is 627 g/mol. The van der Waals surface area contributed by atoms with Gasteiger partial charge in [-0.3, -0.25) is 14.4 Å². The molecule has 0 saturated heterocycles. The largest absolute Gasteiger partial charge is 0.398 e. The Morgan fingerprint density at radius 1 is 0.909 bits per heavy atom. The zero-order valence-corrected chi connectivity index (χ0v) is 28.4. The lowest BCUT2D eigenvalue weighted by Crippen LogP contribution is -2.61. The quantitative estimate of drug-likeness (QED) is 0.207. The van der Waals surface area contributed by atoms with Gasteiger partial charge in [-0.1, -0.05) is 97.0 Å². The number of likely N-dealkylation sites (N-methyl/N-ethyl adjacent to an activating group) is 2. The van der Waals surface area contributed by atoms with Crippen molar-refractivity contribution < 1.29 is 22.8 Å². The van der Waals surface area contributed by atoms with Gasteiger partial charge < -0.3 is 21.3 Å². The lowest BCUT2D eigenvalue weighted by atomic mass is 9.76. The van der Waals surface area contributed by atoms with E-state index in [1.54, 1.807) is 26.2 Å². The fourth-order valence-corrected chi connectivity index (χ4v) is 6.30. The lowest BCUT2D eigenvalue weighted by molar-refractivity contribution is -0.140. The first-order valence-electron chi connectivity index (χ1n) is 14.7. The van der Waals surface area contributed by atoms with Crippen LogP contribution in [0.25, 0.3) is 0 Å². The minimum absolute atomic E-state index is 0.0164. The Balaban J connectivity index is 2.34. The highest BCUT2D eigenvalue weighted by Crippen LogP contribution is 2.29. The number of amides is 3. The Morgan fingerprint density at radius 2 is 1.45 bits per heavy atom. The van der Waals surface area contributed by atoms with Crippen LogP contribution in [0, 0.1) is 11.3 Å². The summed E-state index contributed by atoms with van der Waals surface area (Å²) >= 11 is 0. The molecule has 2 aromatic rings. The summed E-state index contributed by atoms with van der Waals surface area (Å²) < 4.78 is 27.7. The zero-order valence-electron chi connectivity index (χ0n) is 27.6. The third-order valence-corrected chi connectivity index (χ3v) is 9.29. The van der Waals surface area contributed by atoms with Crippen molar-refractivity contribution >= 4 is 33.4 Å². The molecule has 3 atom stereocenters. The van der Waals surface area contributed by atoms with E-state index in [0.717, 1.165) is 5.56 Å². The normalized spacial score (nSPS) is 14.8. The smallest absolute Gasteiger partial charge is 0.266 e. The minimum Gasteiger partial charge on any atom is -0.398 e. The van der Waals surface area contributed by atoms with Crippen LogP contribution in [-0.2, 0) is 29.8 Å². The van der Waals surface area contributed by atoms with E-state index in [1.165, 1.54) is 30.0 Å². The van der Waals surface area contributed by atoms with E-state index in [9.17, 15) is 22.8 Å². The van der Waals surface area contributed by atoms with Gasteiger partial charge in [0, 0.05) is 18.0 Å². The van der Waals surface area contributed by atoms with Crippen molar-refractivity contribution in [3.63, 3.8) is 0 Å². The van der Waals surface area contributed by atoms with E-state index in [4.69, 9.17) is 5.73 Å². The van der Waals surface area contributed by atoms with E-state index in [2.05, 4.69) is 15.4 Å². The number of nitrogens with zero attached hydrogens (tertiary/aromatic N) is 1. The number of para-hydroxylation sites is 1. The van der Waals surface area contributed by atoms with E-state index in [0.29, 0.717) is 0 Å². The molecule has 0 fully saturated rings. The van der Waals surface area contributed by atoms with Gasteiger partial charge in [0.25, 0.3) is 15.9 Å². The molecule has 3 unspecified atom stereocenters. The highest BCUT2D eigenvalue weighted by Gasteiger charge is 2.41.